The minimum Gasteiger partial charge on any atom is -0.357 e. The van der Waals surface area contributed by atoms with Gasteiger partial charge >= 0.3 is 0 Å². The third-order valence-electron chi connectivity index (χ3n) is 5.01. The van der Waals surface area contributed by atoms with Crippen molar-refractivity contribution in [1.29, 1.82) is 0 Å². The number of carbonyl (C=O) groups is 1. The number of nitrogens with one attached hydrogen (secondary N) is 2. The molecule has 33 heavy (non-hydrogen) atoms. The van der Waals surface area contributed by atoms with E-state index in [0.717, 1.165) is 36.9 Å². The summed E-state index contributed by atoms with van der Waals surface area (Å²) in [4.78, 5) is 23.0. The van der Waals surface area contributed by atoms with Gasteiger partial charge in [0.2, 0.25) is 0 Å². The number of amides is 1. The first kappa shape index (κ1) is 26.4. The maximum atomic E-state index is 12.2. The molecule has 0 spiro atoms. The van der Waals surface area contributed by atoms with Gasteiger partial charge in [-0.2, -0.15) is 0 Å². The van der Waals surface area contributed by atoms with Crippen LogP contribution in [0.15, 0.2) is 72.0 Å². The van der Waals surface area contributed by atoms with Gasteiger partial charge < -0.3 is 20.1 Å². The molecule has 0 unspecified atom stereocenters. The summed E-state index contributed by atoms with van der Waals surface area (Å²) < 4.78 is 2.12. The third-order valence-corrected chi connectivity index (χ3v) is 5.01. The standard InChI is InChI=1S/C25H32N6O.HI/c1-4-26-25(28-14-13-20-11-8-12-22(17-20)24(32)30(2)3)29-18-23-27-15-16-31(23)19-21-9-6-5-7-10-21;/h5-12,15-17H,4,13-14,18-19H2,1-3H3,(H2,26,28,29);1H. The van der Waals surface area contributed by atoms with Crippen molar-refractivity contribution in [3.05, 3.63) is 89.5 Å². The molecule has 176 valence electrons. The second-order valence-electron chi connectivity index (χ2n) is 7.73. The van der Waals surface area contributed by atoms with Gasteiger partial charge in [0.1, 0.15) is 12.4 Å². The highest BCUT2D eigenvalue weighted by molar-refractivity contribution is 14.0. The summed E-state index contributed by atoms with van der Waals surface area (Å²) in [6.07, 6.45) is 4.60. The lowest BCUT2D eigenvalue weighted by atomic mass is 10.1. The second-order valence-corrected chi connectivity index (χ2v) is 7.73. The molecule has 3 rings (SSSR count). The van der Waals surface area contributed by atoms with Crippen LogP contribution >= 0.6 is 24.0 Å². The van der Waals surface area contributed by atoms with Gasteiger partial charge in [-0.25, -0.2) is 9.98 Å². The minimum absolute atomic E-state index is 0. The maximum Gasteiger partial charge on any atom is 0.253 e. The van der Waals surface area contributed by atoms with Gasteiger partial charge in [0, 0.05) is 51.7 Å². The average Bonchev–Trinajstić information content (AvgIpc) is 3.24. The molecule has 1 heterocycles. The summed E-state index contributed by atoms with van der Waals surface area (Å²) in [5, 5.41) is 6.66. The highest BCUT2D eigenvalue weighted by atomic mass is 127. The Morgan fingerprint density at radius 2 is 1.82 bits per heavy atom. The Morgan fingerprint density at radius 1 is 1.06 bits per heavy atom. The number of hydrogen-bond donors (Lipinski definition) is 2. The number of aromatic nitrogens is 2. The summed E-state index contributed by atoms with van der Waals surface area (Å²) in [6.45, 7) is 4.80. The first-order valence-corrected chi connectivity index (χ1v) is 10.9. The Kier molecular flexibility index (Phi) is 10.9. The molecule has 0 radical (unpaired) electrons. The lowest BCUT2D eigenvalue weighted by Gasteiger charge is -2.13. The van der Waals surface area contributed by atoms with Gasteiger partial charge in [0.25, 0.3) is 5.91 Å². The van der Waals surface area contributed by atoms with Gasteiger partial charge in [-0.3, -0.25) is 4.79 Å². The van der Waals surface area contributed by atoms with Crippen molar-refractivity contribution in [2.24, 2.45) is 4.99 Å². The van der Waals surface area contributed by atoms with E-state index >= 15 is 0 Å². The molecule has 0 saturated heterocycles. The molecular weight excluding hydrogens is 527 g/mol. The van der Waals surface area contributed by atoms with E-state index in [0.29, 0.717) is 18.7 Å². The quantitative estimate of drug-likeness (QED) is 0.239. The van der Waals surface area contributed by atoms with E-state index in [-0.39, 0.29) is 29.9 Å². The predicted molar refractivity (Wildman–Crippen MR) is 144 cm³/mol. The number of nitrogens with zero attached hydrogens (tertiary/aromatic N) is 4. The molecule has 0 aliphatic heterocycles. The predicted octanol–water partition coefficient (Wildman–Crippen LogP) is 3.55. The van der Waals surface area contributed by atoms with E-state index in [1.54, 1.807) is 19.0 Å². The van der Waals surface area contributed by atoms with Crippen LogP contribution in [0.4, 0.5) is 0 Å². The van der Waals surface area contributed by atoms with E-state index in [2.05, 4.69) is 32.3 Å². The van der Waals surface area contributed by atoms with Crippen LogP contribution in [0.3, 0.4) is 0 Å². The summed E-state index contributed by atoms with van der Waals surface area (Å²) in [7, 11) is 3.53. The number of benzene rings is 2. The normalized spacial score (nSPS) is 10.9. The van der Waals surface area contributed by atoms with Crippen molar-refractivity contribution in [2.75, 3.05) is 27.2 Å². The Hall–Kier alpha value is -2.88. The van der Waals surface area contributed by atoms with Gasteiger partial charge in [-0.15, -0.1) is 24.0 Å². The fourth-order valence-electron chi connectivity index (χ4n) is 3.35. The molecule has 0 atom stereocenters. The van der Waals surface area contributed by atoms with Crippen LogP contribution in [-0.4, -0.2) is 53.5 Å². The van der Waals surface area contributed by atoms with Crippen LogP contribution in [0.2, 0.25) is 0 Å². The smallest absolute Gasteiger partial charge is 0.253 e. The number of imidazole rings is 1. The van der Waals surface area contributed by atoms with E-state index < -0.39 is 0 Å². The number of aliphatic imine (C=N–C) groups is 1. The number of carbonyl (C=O) groups excluding carboxylic acids is 1. The molecule has 0 saturated carbocycles. The molecule has 0 bridgehead atoms. The topological polar surface area (TPSA) is 74.5 Å². The zero-order valence-corrected chi connectivity index (χ0v) is 21.8. The SMILES string of the molecule is CCNC(=NCc1nccn1Cc1ccccc1)NCCc1cccc(C(=O)N(C)C)c1.I. The Balaban J connectivity index is 0.00000385. The van der Waals surface area contributed by atoms with Crippen LogP contribution in [-0.2, 0) is 19.5 Å². The Labute approximate surface area is 213 Å². The summed E-state index contributed by atoms with van der Waals surface area (Å²) >= 11 is 0. The molecular formula is C25H33IN6O. The number of rotatable bonds is 9. The van der Waals surface area contributed by atoms with Crippen molar-refractivity contribution >= 4 is 35.8 Å². The molecule has 3 aromatic rings. The first-order valence-electron chi connectivity index (χ1n) is 10.9. The molecule has 1 amide bonds. The number of guanidine groups is 1. The van der Waals surface area contributed by atoms with Crippen molar-refractivity contribution in [3.63, 3.8) is 0 Å². The Bertz CT molecular complexity index is 1030. The zero-order chi connectivity index (χ0) is 22.8. The van der Waals surface area contributed by atoms with Gasteiger partial charge in [-0.05, 0) is 36.6 Å². The fourth-order valence-corrected chi connectivity index (χ4v) is 3.35. The van der Waals surface area contributed by atoms with E-state index in [9.17, 15) is 4.79 Å². The van der Waals surface area contributed by atoms with E-state index in [1.165, 1.54) is 5.56 Å². The monoisotopic (exact) mass is 560 g/mol. The molecule has 2 aromatic carbocycles. The van der Waals surface area contributed by atoms with Gasteiger partial charge in [0.15, 0.2) is 5.96 Å². The highest BCUT2D eigenvalue weighted by Crippen LogP contribution is 2.08. The largest absolute Gasteiger partial charge is 0.357 e. The summed E-state index contributed by atoms with van der Waals surface area (Å²) in [5.74, 6) is 1.68. The third kappa shape index (κ3) is 8.20. The fraction of sp³-hybridized carbons (Fsp3) is 0.320. The molecule has 0 aliphatic rings. The van der Waals surface area contributed by atoms with E-state index in [4.69, 9.17) is 4.99 Å². The summed E-state index contributed by atoms with van der Waals surface area (Å²) in [5.41, 5.74) is 3.05. The molecule has 1 aromatic heterocycles. The maximum absolute atomic E-state index is 12.2. The van der Waals surface area contributed by atoms with Crippen molar-refractivity contribution in [2.45, 2.75) is 26.4 Å². The van der Waals surface area contributed by atoms with Crippen molar-refractivity contribution in [1.82, 2.24) is 25.1 Å². The number of halogens is 1. The molecule has 0 aliphatic carbocycles. The van der Waals surface area contributed by atoms with Crippen LogP contribution in [0.25, 0.3) is 0 Å². The van der Waals surface area contributed by atoms with Crippen molar-refractivity contribution in [3.8, 4) is 0 Å². The van der Waals surface area contributed by atoms with Gasteiger partial charge in [-0.1, -0.05) is 42.5 Å². The van der Waals surface area contributed by atoms with Crippen LogP contribution in [0.5, 0.6) is 0 Å². The Morgan fingerprint density at radius 3 is 2.55 bits per heavy atom. The number of hydrogen-bond acceptors (Lipinski definition) is 3. The lowest BCUT2D eigenvalue weighted by molar-refractivity contribution is 0.0827. The first-order chi connectivity index (χ1) is 15.6. The minimum atomic E-state index is 0. The van der Waals surface area contributed by atoms with Crippen molar-refractivity contribution < 1.29 is 4.79 Å². The van der Waals surface area contributed by atoms with E-state index in [1.807, 2.05) is 61.8 Å². The van der Waals surface area contributed by atoms with Crippen LogP contribution < -0.4 is 10.6 Å². The molecule has 7 nitrogen and oxygen atoms in total. The van der Waals surface area contributed by atoms with Gasteiger partial charge in [0.05, 0.1) is 0 Å². The second kappa shape index (κ2) is 13.6. The summed E-state index contributed by atoms with van der Waals surface area (Å²) in [6, 6.07) is 18.1. The highest BCUT2D eigenvalue weighted by Gasteiger charge is 2.08. The molecule has 8 heteroatoms. The zero-order valence-electron chi connectivity index (χ0n) is 19.5. The molecule has 0 fully saturated rings. The molecule has 2 N–H and O–H groups in total. The average molecular weight is 560 g/mol. The van der Waals surface area contributed by atoms with Crippen LogP contribution in [0, 0.1) is 0 Å². The lowest BCUT2D eigenvalue weighted by Crippen LogP contribution is -2.38. The van der Waals surface area contributed by atoms with Crippen LogP contribution in [0.1, 0.15) is 34.2 Å².